The molecule has 0 fully saturated rings. The Balaban J connectivity index is 2.45. The van der Waals surface area contributed by atoms with Crippen LogP contribution in [0.25, 0.3) is 16.7 Å². The summed E-state index contributed by atoms with van der Waals surface area (Å²) < 4.78 is 3.23. The van der Waals surface area contributed by atoms with Gasteiger partial charge in [-0.05, 0) is 57.0 Å². The van der Waals surface area contributed by atoms with E-state index in [1.807, 2.05) is 13.0 Å². The third-order valence-corrected chi connectivity index (χ3v) is 4.39. The molecule has 0 aliphatic carbocycles. The first kappa shape index (κ1) is 14.1. The van der Waals surface area contributed by atoms with Crippen LogP contribution >= 0.6 is 15.9 Å². The summed E-state index contributed by atoms with van der Waals surface area (Å²) in [6.07, 6.45) is 0. The van der Waals surface area contributed by atoms with Crippen molar-refractivity contribution in [3.8, 4) is 5.69 Å². The topological polar surface area (TPSA) is 56.7 Å². The Morgan fingerprint density at radius 2 is 1.81 bits per heavy atom. The van der Waals surface area contributed by atoms with Crippen LogP contribution in [-0.2, 0) is 0 Å². The van der Waals surface area contributed by atoms with Gasteiger partial charge < -0.3 is 5.73 Å². The predicted molar refractivity (Wildman–Crippen MR) is 89.9 cm³/mol. The highest BCUT2D eigenvalue weighted by Crippen LogP contribution is 2.32. The standard InChI is InChI=1S/C16H17BrN4/c1-8-7-12(17)5-6-13(8)21-10(3)9(2)14-15(18)19-11(4)20-16(14)21/h5-7H,1-4H3,(H2,18,19,20). The number of nitrogens with zero attached hydrogens (tertiary/aromatic N) is 3. The predicted octanol–water partition coefficient (Wildman–Crippen LogP) is 4.00. The van der Waals surface area contributed by atoms with Crippen molar-refractivity contribution in [2.24, 2.45) is 0 Å². The summed E-state index contributed by atoms with van der Waals surface area (Å²) in [6, 6.07) is 6.24. The number of aryl methyl sites for hydroxylation is 3. The second kappa shape index (κ2) is 4.84. The molecule has 1 aromatic carbocycles. The van der Waals surface area contributed by atoms with Gasteiger partial charge in [0.2, 0.25) is 0 Å². The summed E-state index contributed by atoms with van der Waals surface area (Å²) in [6.45, 7) is 8.12. The average molecular weight is 345 g/mol. The Kier molecular flexibility index (Phi) is 3.24. The monoisotopic (exact) mass is 344 g/mol. The van der Waals surface area contributed by atoms with Gasteiger partial charge in [-0.3, -0.25) is 4.57 Å². The van der Waals surface area contributed by atoms with E-state index in [-0.39, 0.29) is 0 Å². The van der Waals surface area contributed by atoms with Crippen LogP contribution in [0.5, 0.6) is 0 Å². The van der Waals surface area contributed by atoms with Gasteiger partial charge in [0.25, 0.3) is 0 Å². The third-order valence-electron chi connectivity index (χ3n) is 3.89. The van der Waals surface area contributed by atoms with Crippen molar-refractivity contribution in [2.45, 2.75) is 27.7 Å². The maximum absolute atomic E-state index is 6.11. The summed E-state index contributed by atoms with van der Waals surface area (Å²) in [5, 5.41) is 0.945. The molecule has 3 rings (SSSR count). The highest BCUT2D eigenvalue weighted by atomic mass is 79.9. The Morgan fingerprint density at radius 3 is 2.48 bits per heavy atom. The van der Waals surface area contributed by atoms with Crippen molar-refractivity contribution in [2.75, 3.05) is 5.73 Å². The normalized spacial score (nSPS) is 11.3. The van der Waals surface area contributed by atoms with Crippen molar-refractivity contribution in [1.29, 1.82) is 0 Å². The van der Waals surface area contributed by atoms with Gasteiger partial charge in [-0.1, -0.05) is 15.9 Å². The van der Waals surface area contributed by atoms with Crippen LogP contribution in [0.1, 0.15) is 22.6 Å². The molecule has 0 unspecified atom stereocenters. The maximum atomic E-state index is 6.11. The fourth-order valence-corrected chi connectivity index (χ4v) is 3.25. The first-order valence-electron chi connectivity index (χ1n) is 6.78. The highest BCUT2D eigenvalue weighted by Gasteiger charge is 2.18. The lowest BCUT2D eigenvalue weighted by Gasteiger charge is -2.12. The summed E-state index contributed by atoms with van der Waals surface area (Å²) in [7, 11) is 0. The molecule has 0 radical (unpaired) electrons. The number of aromatic nitrogens is 3. The molecule has 4 nitrogen and oxygen atoms in total. The number of nitrogen functional groups attached to an aromatic ring is 1. The Morgan fingerprint density at radius 1 is 1.10 bits per heavy atom. The molecule has 0 aliphatic heterocycles. The molecular formula is C16H17BrN4. The molecule has 2 N–H and O–H groups in total. The van der Waals surface area contributed by atoms with E-state index >= 15 is 0 Å². The van der Waals surface area contributed by atoms with E-state index in [1.165, 1.54) is 5.56 Å². The van der Waals surface area contributed by atoms with Crippen LogP contribution in [0, 0.1) is 27.7 Å². The van der Waals surface area contributed by atoms with E-state index in [1.54, 1.807) is 0 Å². The molecule has 0 saturated carbocycles. The molecule has 0 atom stereocenters. The van der Waals surface area contributed by atoms with Crippen molar-refractivity contribution in [3.05, 3.63) is 45.3 Å². The fraction of sp³-hybridized carbons (Fsp3) is 0.250. The van der Waals surface area contributed by atoms with Crippen molar-refractivity contribution in [3.63, 3.8) is 0 Å². The van der Waals surface area contributed by atoms with E-state index in [0.717, 1.165) is 32.5 Å². The van der Waals surface area contributed by atoms with E-state index in [0.29, 0.717) is 11.6 Å². The van der Waals surface area contributed by atoms with E-state index in [4.69, 9.17) is 5.73 Å². The maximum Gasteiger partial charge on any atom is 0.150 e. The second-order valence-electron chi connectivity index (χ2n) is 5.33. The number of halogens is 1. The van der Waals surface area contributed by atoms with Gasteiger partial charge in [0, 0.05) is 10.2 Å². The molecule has 0 aliphatic rings. The van der Waals surface area contributed by atoms with Crippen molar-refractivity contribution >= 4 is 32.8 Å². The molecule has 21 heavy (non-hydrogen) atoms. The van der Waals surface area contributed by atoms with E-state index < -0.39 is 0 Å². The molecule has 3 aromatic rings. The lowest BCUT2D eigenvalue weighted by molar-refractivity contribution is 0.985. The molecule has 5 heteroatoms. The van der Waals surface area contributed by atoms with Crippen LogP contribution in [0.3, 0.4) is 0 Å². The third kappa shape index (κ3) is 2.12. The largest absolute Gasteiger partial charge is 0.383 e. The number of hydrogen-bond acceptors (Lipinski definition) is 3. The van der Waals surface area contributed by atoms with E-state index in [9.17, 15) is 0 Å². The molecular weight excluding hydrogens is 328 g/mol. The first-order valence-corrected chi connectivity index (χ1v) is 7.57. The number of rotatable bonds is 1. The number of hydrogen-bond donors (Lipinski definition) is 1. The van der Waals surface area contributed by atoms with Crippen LogP contribution < -0.4 is 5.73 Å². The smallest absolute Gasteiger partial charge is 0.150 e. The fourth-order valence-electron chi connectivity index (χ4n) is 2.77. The van der Waals surface area contributed by atoms with Crippen molar-refractivity contribution < 1.29 is 0 Å². The summed E-state index contributed by atoms with van der Waals surface area (Å²) >= 11 is 3.51. The van der Waals surface area contributed by atoms with Gasteiger partial charge in [-0.2, -0.15) is 0 Å². The molecule has 108 valence electrons. The van der Waals surface area contributed by atoms with Crippen LogP contribution in [0.2, 0.25) is 0 Å². The van der Waals surface area contributed by atoms with Gasteiger partial charge in [0.15, 0.2) is 5.65 Å². The second-order valence-corrected chi connectivity index (χ2v) is 6.25. The van der Waals surface area contributed by atoms with Crippen molar-refractivity contribution in [1.82, 2.24) is 14.5 Å². The zero-order valence-corrected chi connectivity index (χ0v) is 14.1. The van der Waals surface area contributed by atoms with Gasteiger partial charge in [-0.15, -0.1) is 0 Å². The minimum absolute atomic E-state index is 0.548. The summed E-state index contributed by atoms with van der Waals surface area (Å²) in [4.78, 5) is 8.91. The van der Waals surface area contributed by atoms with Gasteiger partial charge in [0.1, 0.15) is 11.6 Å². The molecule has 2 heterocycles. The Labute approximate surface area is 132 Å². The molecule has 0 spiro atoms. The first-order chi connectivity index (χ1) is 9.90. The number of benzene rings is 1. The van der Waals surface area contributed by atoms with Crippen LogP contribution in [-0.4, -0.2) is 14.5 Å². The number of fused-ring (bicyclic) bond motifs is 1. The molecule has 0 amide bonds. The quantitative estimate of drug-likeness (QED) is 0.725. The molecule has 2 aromatic heterocycles. The summed E-state index contributed by atoms with van der Waals surface area (Å²) in [5.41, 5.74) is 11.6. The Hall–Kier alpha value is -1.88. The average Bonchev–Trinajstić information content (AvgIpc) is 2.63. The van der Waals surface area contributed by atoms with Gasteiger partial charge in [-0.25, -0.2) is 9.97 Å². The Bertz CT molecular complexity index is 865. The highest BCUT2D eigenvalue weighted by molar-refractivity contribution is 9.10. The minimum Gasteiger partial charge on any atom is -0.383 e. The number of nitrogens with two attached hydrogens (primary N) is 1. The zero-order chi connectivity index (χ0) is 15.3. The molecule has 0 bridgehead atoms. The SMILES string of the molecule is Cc1nc(N)c2c(C)c(C)n(-c3ccc(Br)cc3C)c2n1. The zero-order valence-electron chi connectivity index (χ0n) is 12.5. The van der Waals surface area contributed by atoms with Crippen LogP contribution in [0.4, 0.5) is 5.82 Å². The number of anilines is 1. The minimum atomic E-state index is 0.548. The van der Waals surface area contributed by atoms with E-state index in [2.05, 4.69) is 63.4 Å². The van der Waals surface area contributed by atoms with Crippen LogP contribution in [0.15, 0.2) is 22.7 Å². The van der Waals surface area contributed by atoms with Gasteiger partial charge in [0.05, 0.1) is 11.1 Å². The lowest BCUT2D eigenvalue weighted by atomic mass is 10.2. The lowest BCUT2D eigenvalue weighted by Crippen LogP contribution is -2.03. The summed E-state index contributed by atoms with van der Waals surface area (Å²) in [5.74, 6) is 1.24. The molecule has 0 saturated heterocycles. The van der Waals surface area contributed by atoms with Gasteiger partial charge >= 0.3 is 0 Å².